The van der Waals surface area contributed by atoms with E-state index in [9.17, 15) is 8.42 Å². The number of rotatable bonds is 5. The number of ether oxygens (including phenoxy) is 1. The van der Waals surface area contributed by atoms with Gasteiger partial charge in [-0.3, -0.25) is 4.72 Å². The Kier molecular flexibility index (Phi) is 4.73. The molecule has 0 unspecified atom stereocenters. The first-order valence-corrected chi connectivity index (χ1v) is 9.49. The molecule has 0 saturated carbocycles. The summed E-state index contributed by atoms with van der Waals surface area (Å²) in [4.78, 5) is 0.0548. The minimum Gasteiger partial charge on any atom is -0.495 e. The second kappa shape index (κ2) is 6.84. The van der Waals surface area contributed by atoms with Crippen LogP contribution in [-0.4, -0.2) is 20.7 Å². The topological polar surface area (TPSA) is 81.4 Å². The summed E-state index contributed by atoms with van der Waals surface area (Å²) in [5.74, 6) is 0.778. The Morgan fingerprint density at radius 1 is 1.00 bits per heavy atom. The number of hydrogen-bond acceptors (Lipinski definition) is 5. The fraction of sp³-hybridized carbons (Fsp3) is 0.211. The SMILES string of the molecule is COc1cc(-c2cc(C)no2)ccc1S(=O)(=O)Nc1cc(C)cc(C)c1. The summed E-state index contributed by atoms with van der Waals surface area (Å²) < 4.78 is 38.8. The van der Waals surface area contributed by atoms with E-state index in [0.29, 0.717) is 17.0 Å². The van der Waals surface area contributed by atoms with Crippen molar-refractivity contribution in [2.75, 3.05) is 11.8 Å². The van der Waals surface area contributed by atoms with E-state index in [0.717, 1.165) is 16.8 Å². The zero-order valence-electron chi connectivity index (χ0n) is 15.0. The van der Waals surface area contributed by atoms with E-state index in [2.05, 4.69) is 9.88 Å². The molecule has 3 aromatic rings. The summed E-state index contributed by atoms with van der Waals surface area (Å²) in [6.45, 7) is 5.65. The number of methoxy groups -OCH3 is 1. The van der Waals surface area contributed by atoms with Crippen LogP contribution in [0.5, 0.6) is 5.75 Å². The lowest BCUT2D eigenvalue weighted by Gasteiger charge is -2.13. The standard InChI is InChI=1S/C19H20N2O4S/c1-12-7-13(2)9-16(8-12)21-26(22,23)19-6-5-15(11-18(19)24-4)17-10-14(3)20-25-17/h5-11,21H,1-4H3. The summed E-state index contributed by atoms with van der Waals surface area (Å²) in [5.41, 5.74) is 3.90. The lowest BCUT2D eigenvalue weighted by Crippen LogP contribution is -2.14. The molecule has 0 fully saturated rings. The van der Waals surface area contributed by atoms with Crippen LogP contribution in [0.4, 0.5) is 5.69 Å². The molecule has 26 heavy (non-hydrogen) atoms. The zero-order chi connectivity index (χ0) is 18.9. The number of aryl methyl sites for hydroxylation is 3. The molecule has 0 radical (unpaired) electrons. The lowest BCUT2D eigenvalue weighted by atomic mass is 10.1. The number of hydrogen-bond donors (Lipinski definition) is 1. The van der Waals surface area contributed by atoms with Gasteiger partial charge in [-0.05, 0) is 62.2 Å². The van der Waals surface area contributed by atoms with Gasteiger partial charge in [-0.25, -0.2) is 8.42 Å². The molecule has 0 bridgehead atoms. The maximum atomic E-state index is 12.8. The van der Waals surface area contributed by atoms with Gasteiger partial charge in [0.15, 0.2) is 5.76 Å². The van der Waals surface area contributed by atoms with Crippen molar-refractivity contribution in [2.24, 2.45) is 0 Å². The molecular weight excluding hydrogens is 352 g/mol. The molecule has 3 rings (SSSR count). The highest BCUT2D eigenvalue weighted by Gasteiger charge is 2.21. The van der Waals surface area contributed by atoms with Gasteiger partial charge in [-0.1, -0.05) is 11.2 Å². The van der Waals surface area contributed by atoms with Gasteiger partial charge >= 0.3 is 0 Å². The van der Waals surface area contributed by atoms with Crippen molar-refractivity contribution in [3.63, 3.8) is 0 Å². The van der Waals surface area contributed by atoms with Gasteiger partial charge in [-0.15, -0.1) is 0 Å². The summed E-state index contributed by atoms with van der Waals surface area (Å²) in [7, 11) is -2.37. The van der Waals surface area contributed by atoms with E-state index in [1.165, 1.54) is 13.2 Å². The van der Waals surface area contributed by atoms with Gasteiger partial charge in [0, 0.05) is 17.3 Å². The highest BCUT2D eigenvalue weighted by Crippen LogP contribution is 2.31. The van der Waals surface area contributed by atoms with Crippen molar-refractivity contribution in [1.29, 1.82) is 0 Å². The van der Waals surface area contributed by atoms with E-state index >= 15 is 0 Å². The van der Waals surface area contributed by atoms with Crippen LogP contribution < -0.4 is 9.46 Å². The number of aromatic nitrogens is 1. The van der Waals surface area contributed by atoms with E-state index in [4.69, 9.17) is 9.26 Å². The molecule has 0 amide bonds. The fourth-order valence-electron chi connectivity index (χ4n) is 2.79. The van der Waals surface area contributed by atoms with Gasteiger partial charge in [-0.2, -0.15) is 0 Å². The quantitative estimate of drug-likeness (QED) is 0.730. The number of sulfonamides is 1. The van der Waals surface area contributed by atoms with Crippen LogP contribution in [0.3, 0.4) is 0 Å². The van der Waals surface area contributed by atoms with Crippen LogP contribution in [0.15, 0.2) is 51.9 Å². The Labute approximate surface area is 152 Å². The van der Waals surface area contributed by atoms with Crippen molar-refractivity contribution in [1.82, 2.24) is 5.16 Å². The summed E-state index contributed by atoms with van der Waals surface area (Å²) in [6, 6.07) is 12.1. The highest BCUT2D eigenvalue weighted by atomic mass is 32.2. The van der Waals surface area contributed by atoms with Crippen molar-refractivity contribution < 1.29 is 17.7 Å². The Balaban J connectivity index is 1.99. The first-order chi connectivity index (χ1) is 12.3. The van der Waals surface area contributed by atoms with Crippen LogP contribution in [0.2, 0.25) is 0 Å². The molecule has 1 N–H and O–H groups in total. The van der Waals surface area contributed by atoms with Crippen LogP contribution in [0, 0.1) is 20.8 Å². The molecule has 0 saturated heterocycles. The summed E-state index contributed by atoms with van der Waals surface area (Å²) in [6.07, 6.45) is 0. The van der Waals surface area contributed by atoms with Gasteiger partial charge in [0.1, 0.15) is 10.6 Å². The molecule has 0 aliphatic rings. The Bertz CT molecular complexity index is 1030. The monoisotopic (exact) mass is 372 g/mol. The molecule has 0 spiro atoms. The van der Waals surface area contributed by atoms with Crippen molar-refractivity contribution in [3.05, 3.63) is 59.3 Å². The molecule has 0 atom stereocenters. The molecule has 1 aromatic heterocycles. The molecule has 6 nitrogen and oxygen atoms in total. The number of nitrogens with zero attached hydrogens (tertiary/aromatic N) is 1. The number of nitrogens with one attached hydrogen (secondary N) is 1. The van der Waals surface area contributed by atoms with Crippen LogP contribution in [-0.2, 0) is 10.0 Å². The van der Waals surface area contributed by atoms with E-state index in [1.54, 1.807) is 30.3 Å². The van der Waals surface area contributed by atoms with Gasteiger partial charge < -0.3 is 9.26 Å². The lowest BCUT2D eigenvalue weighted by molar-refractivity contribution is 0.402. The normalized spacial score (nSPS) is 11.4. The molecular formula is C19H20N2O4S. The van der Waals surface area contributed by atoms with Crippen LogP contribution >= 0.6 is 0 Å². The molecule has 0 aliphatic carbocycles. The van der Waals surface area contributed by atoms with E-state index in [1.807, 2.05) is 26.8 Å². The van der Waals surface area contributed by atoms with Crippen molar-refractivity contribution in [2.45, 2.75) is 25.7 Å². The smallest absolute Gasteiger partial charge is 0.265 e. The Morgan fingerprint density at radius 3 is 2.27 bits per heavy atom. The predicted molar refractivity (Wildman–Crippen MR) is 100.0 cm³/mol. The molecule has 2 aromatic carbocycles. The first kappa shape index (κ1) is 18.0. The van der Waals surface area contributed by atoms with Crippen LogP contribution in [0.25, 0.3) is 11.3 Å². The summed E-state index contributed by atoms with van der Waals surface area (Å²) in [5, 5.41) is 3.85. The van der Waals surface area contributed by atoms with Gasteiger partial charge in [0.25, 0.3) is 10.0 Å². The summed E-state index contributed by atoms with van der Waals surface area (Å²) >= 11 is 0. The molecule has 136 valence electrons. The third kappa shape index (κ3) is 3.72. The second-order valence-electron chi connectivity index (χ2n) is 6.18. The average Bonchev–Trinajstić information content (AvgIpc) is 2.99. The molecule has 7 heteroatoms. The number of anilines is 1. The van der Waals surface area contributed by atoms with Gasteiger partial charge in [0.05, 0.1) is 12.8 Å². The average molecular weight is 372 g/mol. The predicted octanol–water partition coefficient (Wildman–Crippen LogP) is 4.08. The van der Waals surface area contributed by atoms with Crippen molar-refractivity contribution in [3.8, 4) is 17.1 Å². The first-order valence-electron chi connectivity index (χ1n) is 8.01. The Hall–Kier alpha value is -2.80. The zero-order valence-corrected chi connectivity index (χ0v) is 15.8. The third-order valence-corrected chi connectivity index (χ3v) is 5.26. The number of benzene rings is 2. The van der Waals surface area contributed by atoms with Crippen molar-refractivity contribution >= 4 is 15.7 Å². The molecule has 0 aliphatic heterocycles. The minimum atomic E-state index is -3.80. The van der Waals surface area contributed by atoms with Gasteiger partial charge in [0.2, 0.25) is 0 Å². The van der Waals surface area contributed by atoms with E-state index in [-0.39, 0.29) is 10.6 Å². The minimum absolute atomic E-state index is 0.0548. The maximum Gasteiger partial charge on any atom is 0.265 e. The van der Waals surface area contributed by atoms with Crippen LogP contribution in [0.1, 0.15) is 16.8 Å². The highest BCUT2D eigenvalue weighted by molar-refractivity contribution is 7.92. The largest absolute Gasteiger partial charge is 0.495 e. The third-order valence-electron chi connectivity index (χ3n) is 3.84. The maximum absolute atomic E-state index is 12.8. The molecule has 1 heterocycles. The second-order valence-corrected chi connectivity index (χ2v) is 7.83. The Morgan fingerprint density at radius 2 is 1.69 bits per heavy atom. The fourth-order valence-corrected chi connectivity index (χ4v) is 3.98. The van der Waals surface area contributed by atoms with E-state index < -0.39 is 10.0 Å².